The third kappa shape index (κ3) is 5.19. The van der Waals surface area contributed by atoms with Gasteiger partial charge in [-0.15, -0.1) is 0 Å². The van der Waals surface area contributed by atoms with Gasteiger partial charge in [0.2, 0.25) is 5.89 Å². The van der Waals surface area contributed by atoms with Gasteiger partial charge in [-0.1, -0.05) is 127 Å². The predicted molar refractivity (Wildman–Crippen MR) is 227 cm³/mol. The summed E-state index contributed by atoms with van der Waals surface area (Å²) in [5.41, 5.74) is 12.1. The maximum absolute atomic E-state index is 6.57. The SMILES string of the molecule is c1ccc(-c2nc3ccc4ccc5ccc(N(c6ccccc6)c6ccc7oc8cccc(-c9ccccc9-c9ccccc9)c8c7c6)cc5c4c3o2)cc1. The molecule has 0 saturated carbocycles. The average molecular weight is 705 g/mol. The molecule has 4 nitrogen and oxygen atoms in total. The first kappa shape index (κ1) is 31.1. The summed E-state index contributed by atoms with van der Waals surface area (Å²) >= 11 is 0. The highest BCUT2D eigenvalue weighted by Crippen LogP contribution is 2.44. The summed E-state index contributed by atoms with van der Waals surface area (Å²) in [5, 5.41) is 6.56. The molecule has 0 amide bonds. The van der Waals surface area contributed by atoms with Gasteiger partial charge in [0.15, 0.2) is 5.58 Å². The zero-order chi connectivity index (χ0) is 36.3. The van der Waals surface area contributed by atoms with Gasteiger partial charge in [0, 0.05) is 38.8 Å². The second-order valence-corrected chi connectivity index (χ2v) is 13.9. The van der Waals surface area contributed by atoms with Crippen LogP contribution in [0.5, 0.6) is 0 Å². The molecule has 2 aromatic heterocycles. The van der Waals surface area contributed by atoms with Crippen LogP contribution in [0.3, 0.4) is 0 Å². The summed E-state index contributed by atoms with van der Waals surface area (Å²) in [6.07, 6.45) is 0. The third-order valence-electron chi connectivity index (χ3n) is 10.7. The minimum Gasteiger partial charge on any atom is -0.456 e. The van der Waals surface area contributed by atoms with Crippen molar-refractivity contribution in [3.63, 3.8) is 0 Å². The van der Waals surface area contributed by atoms with Crippen LogP contribution in [-0.2, 0) is 0 Å². The van der Waals surface area contributed by atoms with Crippen LogP contribution in [0.1, 0.15) is 0 Å². The molecule has 2 heterocycles. The summed E-state index contributed by atoms with van der Waals surface area (Å²) < 4.78 is 13.1. The van der Waals surface area contributed by atoms with Crippen molar-refractivity contribution in [1.82, 2.24) is 4.98 Å². The highest BCUT2D eigenvalue weighted by Gasteiger charge is 2.20. The van der Waals surface area contributed by atoms with Crippen molar-refractivity contribution in [3.05, 3.63) is 194 Å². The largest absolute Gasteiger partial charge is 0.456 e. The Morgan fingerprint density at radius 3 is 1.80 bits per heavy atom. The van der Waals surface area contributed by atoms with Crippen molar-refractivity contribution in [2.75, 3.05) is 4.90 Å². The summed E-state index contributed by atoms with van der Waals surface area (Å²) in [7, 11) is 0. The van der Waals surface area contributed by atoms with Crippen molar-refractivity contribution in [1.29, 1.82) is 0 Å². The van der Waals surface area contributed by atoms with Crippen molar-refractivity contribution in [2.24, 2.45) is 0 Å². The average Bonchev–Trinajstić information content (AvgIpc) is 3.87. The van der Waals surface area contributed by atoms with Gasteiger partial charge in [0.25, 0.3) is 0 Å². The van der Waals surface area contributed by atoms with E-state index in [1.165, 1.54) is 16.7 Å². The van der Waals surface area contributed by atoms with Gasteiger partial charge in [-0.25, -0.2) is 4.98 Å². The van der Waals surface area contributed by atoms with Crippen LogP contribution in [0.4, 0.5) is 17.1 Å². The molecule has 0 N–H and O–H groups in total. The maximum Gasteiger partial charge on any atom is 0.227 e. The number of anilines is 3. The van der Waals surface area contributed by atoms with E-state index in [0.717, 1.165) is 82.8 Å². The van der Waals surface area contributed by atoms with Gasteiger partial charge in [0.05, 0.1) is 0 Å². The van der Waals surface area contributed by atoms with E-state index in [4.69, 9.17) is 13.8 Å². The van der Waals surface area contributed by atoms with Gasteiger partial charge in [-0.3, -0.25) is 0 Å². The summed E-state index contributed by atoms with van der Waals surface area (Å²) in [6.45, 7) is 0. The summed E-state index contributed by atoms with van der Waals surface area (Å²) in [6, 6.07) is 68.0. The van der Waals surface area contributed by atoms with Crippen LogP contribution in [0.25, 0.3) is 88.3 Å². The van der Waals surface area contributed by atoms with Gasteiger partial charge < -0.3 is 13.7 Å². The molecule has 4 heteroatoms. The molecule has 0 aliphatic rings. The van der Waals surface area contributed by atoms with E-state index in [1.807, 2.05) is 30.3 Å². The molecule has 11 rings (SSSR count). The first-order valence-electron chi connectivity index (χ1n) is 18.5. The van der Waals surface area contributed by atoms with Crippen LogP contribution in [0.15, 0.2) is 203 Å². The van der Waals surface area contributed by atoms with E-state index < -0.39 is 0 Å². The van der Waals surface area contributed by atoms with E-state index in [1.54, 1.807) is 0 Å². The number of oxazole rings is 1. The minimum atomic E-state index is 0.619. The molecule has 0 spiro atoms. The fourth-order valence-electron chi connectivity index (χ4n) is 8.14. The Morgan fingerprint density at radius 1 is 0.382 bits per heavy atom. The molecule has 0 fully saturated rings. The molecule has 0 aliphatic carbocycles. The molecule has 55 heavy (non-hydrogen) atoms. The van der Waals surface area contributed by atoms with Crippen molar-refractivity contribution >= 4 is 71.6 Å². The second-order valence-electron chi connectivity index (χ2n) is 13.9. The van der Waals surface area contributed by atoms with E-state index in [9.17, 15) is 0 Å². The molecule has 0 aliphatic heterocycles. The molecule has 0 atom stereocenters. The lowest BCUT2D eigenvalue weighted by Crippen LogP contribution is -2.09. The molecular formula is C51H32N2O2. The van der Waals surface area contributed by atoms with Crippen LogP contribution >= 0.6 is 0 Å². The van der Waals surface area contributed by atoms with Gasteiger partial charge in [-0.05, 0) is 105 Å². The van der Waals surface area contributed by atoms with Crippen LogP contribution in [-0.4, -0.2) is 4.98 Å². The maximum atomic E-state index is 6.57. The van der Waals surface area contributed by atoms with E-state index >= 15 is 0 Å². The number of aromatic nitrogens is 1. The number of benzene rings is 9. The van der Waals surface area contributed by atoms with Crippen LogP contribution in [0.2, 0.25) is 0 Å². The second kappa shape index (κ2) is 12.6. The van der Waals surface area contributed by atoms with Crippen LogP contribution < -0.4 is 4.90 Å². The molecule has 11 aromatic rings. The Balaban J connectivity index is 1.12. The lowest BCUT2D eigenvalue weighted by molar-refractivity contribution is 0.623. The molecule has 9 aromatic carbocycles. The normalized spacial score (nSPS) is 11.6. The zero-order valence-electron chi connectivity index (χ0n) is 29.7. The quantitative estimate of drug-likeness (QED) is 0.162. The standard InChI is InChI=1S/C51H32N2O2/c1-4-13-33(14-5-1)40-19-10-11-20-41(40)42-21-12-22-47-49(42)44-32-39(28-30-46(44)54-47)53(37-17-8-3-9-18-37)38-27-25-34-23-24-35-26-29-45-50(48(35)43(34)31-38)55-51(52-45)36-15-6-2-7-16-36/h1-32H. The number of hydrogen-bond acceptors (Lipinski definition) is 4. The molecule has 0 radical (unpaired) electrons. The number of para-hydroxylation sites is 1. The van der Waals surface area contributed by atoms with Gasteiger partial charge in [0.1, 0.15) is 16.7 Å². The Morgan fingerprint density at radius 2 is 1.00 bits per heavy atom. The molecule has 258 valence electrons. The molecule has 0 saturated heterocycles. The summed E-state index contributed by atoms with van der Waals surface area (Å²) in [5.74, 6) is 0.619. The Hall–Kier alpha value is -7.43. The molecule has 0 unspecified atom stereocenters. The summed E-state index contributed by atoms with van der Waals surface area (Å²) in [4.78, 5) is 7.23. The predicted octanol–water partition coefficient (Wildman–Crippen LogP) is 14.5. The molecular weight excluding hydrogens is 673 g/mol. The number of nitrogens with zero attached hydrogens (tertiary/aromatic N) is 2. The number of fused-ring (bicyclic) bond motifs is 8. The number of furan rings is 1. The Labute approximate surface area is 317 Å². The highest BCUT2D eigenvalue weighted by molar-refractivity contribution is 6.19. The minimum absolute atomic E-state index is 0.619. The van der Waals surface area contributed by atoms with Crippen LogP contribution in [0, 0.1) is 0 Å². The van der Waals surface area contributed by atoms with Crippen molar-refractivity contribution in [2.45, 2.75) is 0 Å². The lowest BCUT2D eigenvalue weighted by Gasteiger charge is -2.26. The monoisotopic (exact) mass is 704 g/mol. The first-order chi connectivity index (χ1) is 27.3. The fraction of sp³-hybridized carbons (Fsp3) is 0. The van der Waals surface area contributed by atoms with Crippen molar-refractivity contribution in [3.8, 4) is 33.7 Å². The molecule has 0 bridgehead atoms. The highest BCUT2D eigenvalue weighted by atomic mass is 16.3. The van der Waals surface area contributed by atoms with E-state index in [0.29, 0.717) is 5.89 Å². The first-order valence-corrected chi connectivity index (χ1v) is 18.5. The Kier molecular flexibility index (Phi) is 7.14. The zero-order valence-corrected chi connectivity index (χ0v) is 29.7. The Bertz CT molecular complexity index is 3200. The van der Waals surface area contributed by atoms with E-state index in [-0.39, 0.29) is 0 Å². The van der Waals surface area contributed by atoms with Gasteiger partial charge in [-0.2, -0.15) is 0 Å². The van der Waals surface area contributed by atoms with Crippen molar-refractivity contribution < 1.29 is 8.83 Å². The fourth-order valence-corrected chi connectivity index (χ4v) is 8.14. The number of hydrogen-bond donors (Lipinski definition) is 0. The third-order valence-corrected chi connectivity index (χ3v) is 10.7. The topological polar surface area (TPSA) is 42.4 Å². The smallest absolute Gasteiger partial charge is 0.227 e. The lowest BCUT2D eigenvalue weighted by atomic mass is 9.92. The number of rotatable bonds is 6. The van der Waals surface area contributed by atoms with E-state index in [2.05, 4.69) is 169 Å². The van der Waals surface area contributed by atoms with Gasteiger partial charge >= 0.3 is 0 Å².